The van der Waals surface area contributed by atoms with E-state index in [1.54, 1.807) is 0 Å². The Hall–Kier alpha value is -13.3. The molecule has 4 aliphatic rings. The molecule has 8 heterocycles. The van der Waals surface area contributed by atoms with E-state index in [4.69, 9.17) is 0 Å². The molecular weight excluding hydrogens is 1660 g/mol. The summed E-state index contributed by atoms with van der Waals surface area (Å²) in [6.07, 6.45) is 8.88. The molecule has 0 N–H and O–H groups in total. The molecule has 0 aliphatic carbocycles. The first-order valence-electron chi connectivity index (χ1n) is 49.2. The number of benzene rings is 11. The van der Waals surface area contributed by atoms with E-state index in [-0.39, 0.29) is 44.2 Å². The third-order valence-corrected chi connectivity index (χ3v) is 29.1. The SMILES string of the molecule is Cc1cc(N2B(c3c(C)cccc3C)N(c3ccccc3)c3cccc(C)c32)[n+](C)cc1C.Cc1cccc(C)c1B1N(C)c2cccc(C)c2N1c1cc(C(C)(C)C)cc[n+]1C.Cc1cccc2c1N(c1cc(C(C)(C)C)cc[n+]1C)B(c1c(-c3ccccc3)cccc1-c1ccccc1)N2C.Cc1cccc2c1N(c1cc(C(C)(C)C)cc[n+]1C)B(c1c(C(C)C)cccc1C(C)C)N2C. The average Bonchev–Trinajstić information content (AvgIpc) is 1.57. The summed E-state index contributed by atoms with van der Waals surface area (Å²) < 4.78 is 9.08. The predicted octanol–water partition coefficient (Wildman–Crippen LogP) is 24.2. The predicted molar refractivity (Wildman–Crippen MR) is 588 cm³/mol. The van der Waals surface area contributed by atoms with E-state index < -0.39 is 0 Å². The van der Waals surface area contributed by atoms with Crippen molar-refractivity contribution >= 4 is 124 Å². The van der Waals surface area contributed by atoms with Crippen LogP contribution in [0.15, 0.2) is 304 Å². The van der Waals surface area contributed by atoms with Crippen LogP contribution in [0.25, 0.3) is 22.3 Å². The van der Waals surface area contributed by atoms with Gasteiger partial charge in [0.15, 0.2) is 0 Å². The van der Waals surface area contributed by atoms with E-state index in [9.17, 15) is 0 Å². The molecule has 0 spiro atoms. The van der Waals surface area contributed by atoms with E-state index in [1.807, 2.05) is 0 Å². The summed E-state index contributed by atoms with van der Waals surface area (Å²) in [7, 11) is 15.4. The minimum Gasteiger partial charge on any atom is -0.369 e. The highest BCUT2D eigenvalue weighted by Crippen LogP contribution is 2.51. The van der Waals surface area contributed by atoms with Crippen molar-refractivity contribution in [3.8, 4) is 22.3 Å². The van der Waals surface area contributed by atoms with Gasteiger partial charge in [0.05, 0.1) is 75.7 Å². The Morgan fingerprint density at radius 2 is 0.533 bits per heavy atom. The van der Waals surface area contributed by atoms with Crippen LogP contribution < -0.4 is 78.6 Å². The molecule has 16 heteroatoms. The van der Waals surface area contributed by atoms with Crippen molar-refractivity contribution in [1.82, 2.24) is 0 Å². The molecule has 694 valence electrons. The van der Waals surface area contributed by atoms with Crippen LogP contribution in [0.1, 0.15) is 185 Å². The second-order valence-corrected chi connectivity index (χ2v) is 42.6. The summed E-state index contributed by atoms with van der Waals surface area (Å²) in [4.78, 5) is 20.1. The van der Waals surface area contributed by atoms with Gasteiger partial charge in [-0.2, -0.15) is 0 Å². The Labute approximate surface area is 821 Å². The molecule has 0 bridgehead atoms. The van der Waals surface area contributed by atoms with Crippen LogP contribution in [0.5, 0.6) is 0 Å². The minimum atomic E-state index is -0.0517. The van der Waals surface area contributed by atoms with Crippen LogP contribution in [-0.2, 0) is 44.4 Å². The highest BCUT2D eigenvalue weighted by molar-refractivity contribution is 6.87. The monoisotopic (exact) mass is 1810 g/mol. The Morgan fingerprint density at radius 1 is 0.248 bits per heavy atom. The standard InChI is InChI=1S/C36H37BN3.C30H41BN3.C29H31BN3.C26H33BN3/c1-26-15-13-22-32-35(26)40(33-25-29(36(2,3)4)23-24-38(33)5)37(39(32)6)34-30(27-16-9-7-10-17-27)20-14-21-31(34)28-18-11-8-12-19-28;1-20(2)24-14-12-15-25(21(3)4)28(24)31-33(10)26-16-11-13-22(5)29(26)34(31)27-19-23(30(6,7)8)17-18-32(27)9;1-20-12-10-13-21(2)28(20)30-32(25-15-8-7-9-16-25)26-17-11-14-22(3)29(26)33(30)27-18-23(4)24(5)19-31(27)6;1-18-11-9-12-19(2)24(18)27-29(8)22-14-10-13-20(3)25(22)30(27)23-17-21(26(4,5)6)15-16-28(23)7/h7-25H,1-6H3;11-21H,1-10H3;7-19H,1-6H3;9-17H,1-8H3/q4*+1. The fraction of sp³-hybridized carbons (Fsp3) is 0.289. The average molecular weight is 1810 g/mol. The van der Waals surface area contributed by atoms with Gasteiger partial charge in [-0.25, -0.2) is 18.3 Å². The van der Waals surface area contributed by atoms with Gasteiger partial charge in [0.2, 0.25) is 0 Å². The quantitative estimate of drug-likeness (QED) is 0.0836. The summed E-state index contributed by atoms with van der Waals surface area (Å²) in [6.45, 7) is 52.3. The summed E-state index contributed by atoms with van der Waals surface area (Å²) in [5, 5.41) is 0. The molecule has 0 fully saturated rings. The normalized spacial score (nSPS) is 13.4. The van der Waals surface area contributed by atoms with Gasteiger partial charge in [-0.15, -0.1) is 0 Å². The molecule has 0 saturated carbocycles. The zero-order valence-corrected chi connectivity index (χ0v) is 87.2. The number of nitrogens with zero attached hydrogens (tertiary/aromatic N) is 12. The maximum Gasteiger partial charge on any atom is 0.542 e. The summed E-state index contributed by atoms with van der Waals surface area (Å²) in [5.74, 6) is 5.71. The molecule has 0 saturated heterocycles. The molecule has 19 rings (SSSR count). The number of rotatable bonds is 13. The third-order valence-electron chi connectivity index (χ3n) is 29.1. The number of anilines is 13. The molecule has 0 atom stereocenters. The number of pyridine rings is 4. The first-order valence-corrected chi connectivity index (χ1v) is 49.2. The van der Waals surface area contributed by atoms with E-state index in [2.05, 4.69) is 569 Å². The number of aromatic nitrogens is 4. The second kappa shape index (κ2) is 38.7. The van der Waals surface area contributed by atoms with Gasteiger partial charge < -0.3 is 19.2 Å². The van der Waals surface area contributed by atoms with Crippen molar-refractivity contribution in [2.75, 3.05) is 59.6 Å². The largest absolute Gasteiger partial charge is 0.542 e. The van der Waals surface area contributed by atoms with E-state index in [0.29, 0.717) is 11.8 Å². The number of para-hydroxylation sites is 5. The van der Waals surface area contributed by atoms with Gasteiger partial charge in [-0.1, -0.05) is 290 Å². The number of hydrogen-bond donors (Lipinski definition) is 0. The summed E-state index contributed by atoms with van der Waals surface area (Å²) in [5.41, 5.74) is 42.0. The van der Waals surface area contributed by atoms with Gasteiger partial charge >= 0.3 is 27.9 Å². The van der Waals surface area contributed by atoms with E-state index >= 15 is 0 Å². The highest BCUT2D eigenvalue weighted by Gasteiger charge is 2.57. The molecule has 4 aliphatic heterocycles. The summed E-state index contributed by atoms with van der Waals surface area (Å²) >= 11 is 0. The van der Waals surface area contributed by atoms with Crippen LogP contribution >= 0.6 is 0 Å². The topological polar surface area (TPSA) is 41.4 Å². The Balaban J connectivity index is 0.000000133. The van der Waals surface area contributed by atoms with Gasteiger partial charge in [-0.05, 0) is 279 Å². The molecule has 137 heavy (non-hydrogen) atoms. The Morgan fingerprint density at radius 3 is 0.891 bits per heavy atom. The van der Waals surface area contributed by atoms with Gasteiger partial charge in [0.1, 0.15) is 22.7 Å². The van der Waals surface area contributed by atoms with Crippen molar-refractivity contribution in [3.63, 3.8) is 0 Å². The number of fused-ring (bicyclic) bond motifs is 4. The van der Waals surface area contributed by atoms with Crippen LogP contribution in [0.3, 0.4) is 0 Å². The molecule has 11 aromatic carbocycles. The molecule has 12 nitrogen and oxygen atoms in total. The van der Waals surface area contributed by atoms with Crippen LogP contribution in [-0.4, -0.2) is 49.1 Å². The van der Waals surface area contributed by atoms with Gasteiger partial charge in [-0.3, -0.25) is 19.2 Å². The zero-order chi connectivity index (χ0) is 98.0. The van der Waals surface area contributed by atoms with Gasteiger partial charge in [0, 0.05) is 51.8 Å². The molecule has 15 aromatic rings. The van der Waals surface area contributed by atoms with Crippen LogP contribution in [0, 0.1) is 69.2 Å². The molecule has 0 radical (unpaired) electrons. The molecule has 0 amide bonds. The second-order valence-electron chi connectivity index (χ2n) is 42.6. The van der Waals surface area contributed by atoms with Crippen molar-refractivity contribution < 1.29 is 18.3 Å². The molecule has 4 aromatic heterocycles. The van der Waals surface area contributed by atoms with Crippen molar-refractivity contribution in [2.24, 2.45) is 28.2 Å². The lowest BCUT2D eigenvalue weighted by Gasteiger charge is -2.28. The van der Waals surface area contributed by atoms with Gasteiger partial charge in [0.25, 0.3) is 23.3 Å². The molecular formula is C121H142B4N12+4. The smallest absolute Gasteiger partial charge is 0.369 e. The lowest BCUT2D eigenvalue weighted by molar-refractivity contribution is -0.658. The Bertz CT molecular complexity index is 6870. The first kappa shape index (κ1) is 96.8. The minimum absolute atomic E-state index is 0.0120. The fourth-order valence-electron chi connectivity index (χ4n) is 21.4. The summed E-state index contributed by atoms with van der Waals surface area (Å²) in [6, 6.07) is 102. The number of aryl methyl sites for hydroxylation is 14. The highest BCUT2D eigenvalue weighted by atomic mass is 15.4. The number of hydrogen-bond acceptors (Lipinski definition) is 8. The van der Waals surface area contributed by atoms with Crippen LogP contribution in [0.4, 0.5) is 74.5 Å². The lowest BCUT2D eigenvalue weighted by Crippen LogP contribution is -2.58. The lowest BCUT2D eigenvalue weighted by atomic mass is 9.59. The fourth-order valence-corrected chi connectivity index (χ4v) is 21.4. The van der Waals surface area contributed by atoms with E-state index in [0.717, 1.165) is 0 Å². The zero-order valence-electron chi connectivity index (χ0n) is 87.2. The maximum absolute atomic E-state index is 2.59. The van der Waals surface area contributed by atoms with Crippen molar-refractivity contribution in [3.05, 3.63) is 387 Å². The van der Waals surface area contributed by atoms with E-state index in [1.165, 1.54) is 202 Å². The third kappa shape index (κ3) is 18.4. The Kier molecular flexibility index (Phi) is 27.3. The first-order chi connectivity index (χ1) is 65.2. The maximum atomic E-state index is 2.59. The molecule has 0 unspecified atom stereocenters. The van der Waals surface area contributed by atoms with Crippen molar-refractivity contribution in [1.29, 1.82) is 0 Å². The van der Waals surface area contributed by atoms with Crippen molar-refractivity contribution in [2.45, 2.75) is 187 Å². The van der Waals surface area contributed by atoms with Crippen LogP contribution in [0.2, 0.25) is 0 Å².